The van der Waals surface area contributed by atoms with Crippen LogP contribution in [0.3, 0.4) is 0 Å². The molecule has 0 radical (unpaired) electrons. The minimum Gasteiger partial charge on any atom is -0.334 e. The average Bonchev–Trinajstić information content (AvgIpc) is 3.33. The summed E-state index contributed by atoms with van der Waals surface area (Å²) in [6.45, 7) is 0.341. The number of benzene rings is 1. The summed E-state index contributed by atoms with van der Waals surface area (Å²) < 4.78 is 2.87. The number of nitrogens with zero attached hydrogens (tertiary/aromatic N) is 5. The lowest BCUT2D eigenvalue weighted by Gasteiger charge is -2.09. The van der Waals surface area contributed by atoms with Crippen molar-refractivity contribution in [2.45, 2.75) is 6.54 Å². The van der Waals surface area contributed by atoms with Gasteiger partial charge in [-0.15, -0.1) is 11.3 Å². The van der Waals surface area contributed by atoms with Crippen LogP contribution in [-0.2, 0) is 6.54 Å². The van der Waals surface area contributed by atoms with Crippen molar-refractivity contribution < 1.29 is 0 Å². The number of halogens is 2. The average molecular weight is 428 g/mol. The van der Waals surface area contributed by atoms with Crippen LogP contribution in [0.2, 0.25) is 10.2 Å². The molecule has 2 N–H and O–H groups in total. The molecule has 5 aromatic rings. The number of H-pyrrole nitrogens is 1. The maximum absolute atomic E-state index is 8.14. The molecular weight excluding hydrogens is 417 g/mol. The Bertz CT molecular complexity index is 1380. The van der Waals surface area contributed by atoms with E-state index < -0.39 is 0 Å². The highest BCUT2D eigenvalue weighted by Gasteiger charge is 2.14. The van der Waals surface area contributed by atoms with E-state index in [-0.39, 0.29) is 5.49 Å². The Morgan fingerprint density at radius 1 is 1.14 bits per heavy atom. The van der Waals surface area contributed by atoms with Gasteiger partial charge in [0.15, 0.2) is 11.1 Å². The number of nitrogens with one attached hydrogen (secondary N) is 2. The Kier molecular flexibility index (Phi) is 4.12. The lowest BCUT2D eigenvalue weighted by Crippen LogP contribution is -2.13. The molecule has 10 heteroatoms. The van der Waals surface area contributed by atoms with Gasteiger partial charge in [-0.3, -0.25) is 5.41 Å². The van der Waals surface area contributed by atoms with E-state index in [9.17, 15) is 0 Å². The van der Waals surface area contributed by atoms with Crippen LogP contribution in [0.15, 0.2) is 42.3 Å². The molecule has 0 spiro atoms. The molecule has 0 unspecified atom stereocenters. The fourth-order valence-corrected chi connectivity index (χ4v) is 4.18. The van der Waals surface area contributed by atoms with Crippen molar-refractivity contribution >= 4 is 55.9 Å². The minimum atomic E-state index is 0.118. The Morgan fingerprint density at radius 2 is 2.04 bits per heavy atom. The summed E-state index contributed by atoms with van der Waals surface area (Å²) in [6, 6.07) is 7.63. The number of pyridine rings is 1. The van der Waals surface area contributed by atoms with Gasteiger partial charge in [0.05, 0.1) is 33.6 Å². The van der Waals surface area contributed by atoms with E-state index in [1.807, 2.05) is 23.7 Å². The van der Waals surface area contributed by atoms with Gasteiger partial charge in [-0.25, -0.2) is 19.9 Å². The molecule has 0 fully saturated rings. The van der Waals surface area contributed by atoms with E-state index in [2.05, 4.69) is 19.9 Å². The van der Waals surface area contributed by atoms with Gasteiger partial charge in [0.2, 0.25) is 0 Å². The molecule has 0 atom stereocenters. The number of thiazole rings is 1. The standard InChI is InChI=1S/C18H11Cl2N7S/c19-11-3-4-22-15(20)10(11)6-27-7-23-16(21)14-18(27)26-17(25-14)9-1-2-12-13(5-9)28-8-24-12/h1-5,7-8,21H,6H2,(H,25,26). The third-order valence-electron chi connectivity index (χ3n) is 4.40. The summed E-state index contributed by atoms with van der Waals surface area (Å²) in [5.41, 5.74) is 5.60. The third-order valence-corrected chi connectivity index (χ3v) is 5.87. The van der Waals surface area contributed by atoms with Crippen molar-refractivity contribution in [2.75, 3.05) is 0 Å². The molecule has 0 amide bonds. The summed E-state index contributed by atoms with van der Waals surface area (Å²) in [6.07, 6.45) is 3.11. The first-order chi connectivity index (χ1) is 13.6. The van der Waals surface area contributed by atoms with Gasteiger partial charge in [-0.1, -0.05) is 23.2 Å². The quantitative estimate of drug-likeness (QED) is 0.420. The van der Waals surface area contributed by atoms with Crippen LogP contribution in [0.5, 0.6) is 0 Å². The maximum Gasteiger partial charge on any atom is 0.173 e. The van der Waals surface area contributed by atoms with Crippen LogP contribution < -0.4 is 5.49 Å². The van der Waals surface area contributed by atoms with Gasteiger partial charge in [-0.05, 0) is 24.3 Å². The number of imidazole rings is 1. The molecule has 4 heterocycles. The van der Waals surface area contributed by atoms with Crippen LogP contribution in [0.25, 0.3) is 32.8 Å². The Balaban J connectivity index is 1.65. The van der Waals surface area contributed by atoms with Crippen molar-refractivity contribution in [3.05, 3.63) is 63.5 Å². The van der Waals surface area contributed by atoms with Crippen LogP contribution in [0, 0.1) is 5.41 Å². The number of hydrogen-bond acceptors (Lipinski definition) is 6. The lowest BCUT2D eigenvalue weighted by atomic mass is 10.2. The molecule has 5 rings (SSSR count). The van der Waals surface area contributed by atoms with Crippen molar-refractivity contribution in [3.63, 3.8) is 0 Å². The van der Waals surface area contributed by atoms with Crippen molar-refractivity contribution in [2.24, 2.45) is 0 Å². The van der Waals surface area contributed by atoms with E-state index >= 15 is 0 Å². The van der Waals surface area contributed by atoms with Crippen molar-refractivity contribution in [1.82, 2.24) is 29.5 Å². The zero-order valence-electron chi connectivity index (χ0n) is 14.1. The number of aromatic nitrogens is 6. The number of rotatable bonds is 3. The van der Waals surface area contributed by atoms with Crippen LogP contribution >= 0.6 is 34.5 Å². The normalized spacial score (nSPS) is 11.5. The Morgan fingerprint density at radius 3 is 2.89 bits per heavy atom. The molecular formula is C18H11Cl2N7S. The number of aromatic amines is 1. The second kappa shape index (κ2) is 6.66. The largest absolute Gasteiger partial charge is 0.334 e. The minimum absolute atomic E-state index is 0.118. The van der Waals surface area contributed by atoms with E-state index in [4.69, 9.17) is 33.6 Å². The van der Waals surface area contributed by atoms with Gasteiger partial charge in [0, 0.05) is 17.3 Å². The zero-order chi connectivity index (χ0) is 19.3. The molecule has 7 nitrogen and oxygen atoms in total. The van der Waals surface area contributed by atoms with Gasteiger partial charge in [0.25, 0.3) is 0 Å². The topological polar surface area (TPSA) is 96.1 Å². The van der Waals surface area contributed by atoms with E-state index in [1.54, 1.807) is 34.5 Å². The van der Waals surface area contributed by atoms with Crippen molar-refractivity contribution in [3.8, 4) is 11.4 Å². The first kappa shape index (κ1) is 17.3. The second-order valence-electron chi connectivity index (χ2n) is 6.10. The molecule has 0 bridgehead atoms. The molecule has 4 aromatic heterocycles. The smallest absolute Gasteiger partial charge is 0.173 e. The fourth-order valence-electron chi connectivity index (χ4n) is 2.99. The molecule has 0 aliphatic rings. The predicted octanol–water partition coefficient (Wildman–Crippen LogP) is 4.27. The van der Waals surface area contributed by atoms with E-state index in [0.717, 1.165) is 15.8 Å². The molecule has 28 heavy (non-hydrogen) atoms. The molecule has 138 valence electrons. The fraction of sp³-hybridized carbons (Fsp3) is 0.0556. The molecule has 0 aliphatic carbocycles. The molecule has 0 saturated heterocycles. The summed E-state index contributed by atoms with van der Waals surface area (Å²) >= 11 is 14.1. The van der Waals surface area contributed by atoms with Crippen molar-refractivity contribution in [1.29, 1.82) is 5.41 Å². The summed E-state index contributed by atoms with van der Waals surface area (Å²) in [5, 5.41) is 8.98. The maximum atomic E-state index is 8.14. The second-order valence-corrected chi connectivity index (χ2v) is 7.75. The highest BCUT2D eigenvalue weighted by molar-refractivity contribution is 7.16. The van der Waals surface area contributed by atoms with E-state index in [0.29, 0.717) is 39.3 Å². The summed E-state index contributed by atoms with van der Waals surface area (Å²) in [7, 11) is 0. The highest BCUT2D eigenvalue weighted by atomic mass is 35.5. The first-order valence-corrected chi connectivity index (χ1v) is 9.86. The number of hydrogen-bond donors (Lipinski definition) is 2. The molecule has 0 aliphatic heterocycles. The SMILES string of the molecule is N=c1ncn(Cc2c(Cl)ccnc2Cl)c2nc(-c3ccc4ncsc4c3)[nH]c12. The summed E-state index contributed by atoms with van der Waals surface area (Å²) in [4.78, 5) is 20.5. The van der Waals surface area contributed by atoms with Crippen LogP contribution in [0.1, 0.15) is 5.56 Å². The Hall–Kier alpha value is -2.81. The van der Waals surface area contributed by atoms with Gasteiger partial charge in [-0.2, -0.15) is 0 Å². The number of fused-ring (bicyclic) bond motifs is 2. The lowest BCUT2D eigenvalue weighted by molar-refractivity contribution is 0.781. The monoisotopic (exact) mass is 427 g/mol. The summed E-state index contributed by atoms with van der Waals surface area (Å²) in [5.74, 6) is 0.656. The predicted molar refractivity (Wildman–Crippen MR) is 110 cm³/mol. The highest BCUT2D eigenvalue weighted by Crippen LogP contribution is 2.27. The Labute approximate surface area is 172 Å². The van der Waals surface area contributed by atoms with E-state index in [1.165, 1.54) is 0 Å². The van der Waals surface area contributed by atoms with Crippen LogP contribution in [-0.4, -0.2) is 29.5 Å². The first-order valence-electron chi connectivity index (χ1n) is 8.22. The van der Waals surface area contributed by atoms with Gasteiger partial charge in [0.1, 0.15) is 16.5 Å². The molecule has 1 aromatic carbocycles. The molecule has 0 saturated carbocycles. The zero-order valence-corrected chi connectivity index (χ0v) is 16.5. The van der Waals surface area contributed by atoms with Crippen LogP contribution in [0.4, 0.5) is 0 Å². The third kappa shape index (κ3) is 2.86. The van der Waals surface area contributed by atoms with Gasteiger partial charge < -0.3 is 9.55 Å². The van der Waals surface area contributed by atoms with Gasteiger partial charge >= 0.3 is 0 Å².